The number of para-hydroxylation sites is 1. The molecule has 0 saturated heterocycles. The third kappa shape index (κ3) is 2.67. The van der Waals surface area contributed by atoms with E-state index in [1.807, 2.05) is 31.2 Å². The summed E-state index contributed by atoms with van der Waals surface area (Å²) >= 11 is 1.35. The standard InChI is InChI=1S/C15H16N4O2S/c1-9-8-13(20)19-15(16-9)22-14(18-19)17-10(2)11-6-4-5-7-12(11)21-3/h4-8,10H,1-3H3,(H,17,18)/t10-/m1/s1. The number of fused-ring (bicyclic) bond motifs is 1. The minimum absolute atomic E-state index is 0.00601. The lowest BCUT2D eigenvalue weighted by molar-refractivity contribution is 0.408. The molecule has 0 fully saturated rings. The molecule has 1 N–H and O–H groups in total. The Morgan fingerprint density at radius 3 is 2.91 bits per heavy atom. The third-order valence-corrected chi connectivity index (χ3v) is 4.16. The van der Waals surface area contributed by atoms with Gasteiger partial charge in [-0.2, -0.15) is 4.52 Å². The Hall–Kier alpha value is -2.41. The van der Waals surface area contributed by atoms with Gasteiger partial charge in [-0.25, -0.2) is 4.98 Å². The minimum Gasteiger partial charge on any atom is -0.496 e. The molecule has 6 nitrogen and oxygen atoms in total. The van der Waals surface area contributed by atoms with Gasteiger partial charge < -0.3 is 10.1 Å². The lowest BCUT2D eigenvalue weighted by Crippen LogP contribution is -2.15. The molecule has 1 atom stereocenters. The first-order valence-corrected chi connectivity index (χ1v) is 7.67. The molecule has 0 bridgehead atoms. The predicted octanol–water partition coefficient (Wildman–Crippen LogP) is 2.64. The van der Waals surface area contributed by atoms with E-state index in [4.69, 9.17) is 4.74 Å². The van der Waals surface area contributed by atoms with Crippen LogP contribution in [0.15, 0.2) is 35.1 Å². The fourth-order valence-corrected chi connectivity index (χ4v) is 3.20. The zero-order valence-electron chi connectivity index (χ0n) is 12.5. The highest BCUT2D eigenvalue weighted by Gasteiger charge is 2.14. The van der Waals surface area contributed by atoms with Crippen molar-refractivity contribution in [1.82, 2.24) is 14.6 Å². The van der Waals surface area contributed by atoms with Crippen LogP contribution in [-0.4, -0.2) is 21.7 Å². The highest BCUT2D eigenvalue weighted by Crippen LogP contribution is 2.28. The van der Waals surface area contributed by atoms with Gasteiger partial charge in [0.05, 0.1) is 13.2 Å². The van der Waals surface area contributed by atoms with E-state index in [0.29, 0.717) is 15.8 Å². The number of hydrogen-bond donors (Lipinski definition) is 1. The summed E-state index contributed by atoms with van der Waals surface area (Å²) in [6, 6.07) is 9.27. The van der Waals surface area contributed by atoms with E-state index >= 15 is 0 Å². The zero-order valence-corrected chi connectivity index (χ0v) is 13.3. The number of nitrogens with zero attached hydrogens (tertiary/aromatic N) is 3. The van der Waals surface area contributed by atoms with Crippen LogP contribution in [0.25, 0.3) is 4.96 Å². The molecule has 0 radical (unpaired) electrons. The largest absolute Gasteiger partial charge is 0.496 e. The Morgan fingerprint density at radius 1 is 1.36 bits per heavy atom. The molecule has 114 valence electrons. The van der Waals surface area contributed by atoms with Crippen molar-refractivity contribution in [3.63, 3.8) is 0 Å². The van der Waals surface area contributed by atoms with Crippen LogP contribution < -0.4 is 15.6 Å². The quantitative estimate of drug-likeness (QED) is 0.801. The summed E-state index contributed by atoms with van der Waals surface area (Å²) in [5, 5.41) is 8.23. The Labute approximate surface area is 131 Å². The van der Waals surface area contributed by atoms with Gasteiger partial charge in [-0.05, 0) is 19.9 Å². The van der Waals surface area contributed by atoms with E-state index in [1.165, 1.54) is 21.9 Å². The van der Waals surface area contributed by atoms with E-state index in [1.54, 1.807) is 14.0 Å². The van der Waals surface area contributed by atoms with Crippen LogP contribution in [0.3, 0.4) is 0 Å². The van der Waals surface area contributed by atoms with Gasteiger partial charge in [-0.1, -0.05) is 29.5 Å². The van der Waals surface area contributed by atoms with Crippen LogP contribution in [0.5, 0.6) is 5.75 Å². The number of ether oxygens (including phenoxy) is 1. The molecule has 2 heterocycles. The second-order valence-corrected chi connectivity index (χ2v) is 5.90. The summed E-state index contributed by atoms with van der Waals surface area (Å²) < 4.78 is 6.69. The summed E-state index contributed by atoms with van der Waals surface area (Å²) in [7, 11) is 1.65. The van der Waals surface area contributed by atoms with Gasteiger partial charge in [0.15, 0.2) is 0 Å². The van der Waals surface area contributed by atoms with Gasteiger partial charge in [0.2, 0.25) is 10.1 Å². The molecule has 3 rings (SSSR count). The molecule has 0 aliphatic heterocycles. The first-order valence-electron chi connectivity index (χ1n) is 6.85. The Morgan fingerprint density at radius 2 is 2.14 bits per heavy atom. The average Bonchev–Trinajstić information content (AvgIpc) is 2.89. The molecule has 0 spiro atoms. The average molecular weight is 316 g/mol. The van der Waals surface area contributed by atoms with Gasteiger partial charge >= 0.3 is 0 Å². The van der Waals surface area contributed by atoms with Crippen LogP contribution in [0, 0.1) is 6.92 Å². The SMILES string of the molecule is COc1ccccc1[C@@H](C)Nc1nn2c(=O)cc(C)nc2s1. The molecule has 3 aromatic rings. The zero-order chi connectivity index (χ0) is 15.7. The molecule has 2 aromatic heterocycles. The molecular formula is C15H16N4O2S. The first kappa shape index (κ1) is 14.5. The molecule has 0 aliphatic rings. The monoisotopic (exact) mass is 316 g/mol. The number of anilines is 1. The number of rotatable bonds is 4. The summed E-state index contributed by atoms with van der Waals surface area (Å²) in [5.74, 6) is 0.815. The first-order chi connectivity index (χ1) is 10.6. The number of benzene rings is 1. The van der Waals surface area contributed by atoms with Crippen LogP contribution in [0.1, 0.15) is 24.2 Å². The van der Waals surface area contributed by atoms with E-state index < -0.39 is 0 Å². The summed E-state index contributed by atoms with van der Waals surface area (Å²) in [4.78, 5) is 16.8. The lowest BCUT2D eigenvalue weighted by atomic mass is 10.1. The summed E-state index contributed by atoms with van der Waals surface area (Å²) in [6.07, 6.45) is 0. The van der Waals surface area contributed by atoms with Crippen molar-refractivity contribution in [2.75, 3.05) is 12.4 Å². The van der Waals surface area contributed by atoms with Crippen LogP contribution in [0.4, 0.5) is 5.13 Å². The molecule has 0 aliphatic carbocycles. The summed E-state index contributed by atoms with van der Waals surface area (Å²) in [5.41, 5.74) is 1.55. The number of aryl methyl sites for hydroxylation is 1. The Balaban J connectivity index is 1.93. The maximum absolute atomic E-state index is 11.9. The topological polar surface area (TPSA) is 68.5 Å². The van der Waals surface area contributed by atoms with Gasteiger partial charge in [-0.3, -0.25) is 4.79 Å². The molecule has 22 heavy (non-hydrogen) atoms. The molecule has 1 aromatic carbocycles. The fourth-order valence-electron chi connectivity index (χ4n) is 2.27. The number of methoxy groups -OCH3 is 1. The van der Waals surface area contributed by atoms with Crippen LogP contribution >= 0.6 is 11.3 Å². The van der Waals surface area contributed by atoms with Crippen molar-refractivity contribution in [2.24, 2.45) is 0 Å². The Kier molecular flexibility index (Phi) is 3.81. The maximum Gasteiger partial charge on any atom is 0.275 e. The normalized spacial score (nSPS) is 12.3. The van der Waals surface area contributed by atoms with E-state index in [-0.39, 0.29) is 11.6 Å². The van der Waals surface area contributed by atoms with Gasteiger partial charge in [0, 0.05) is 17.3 Å². The fraction of sp³-hybridized carbons (Fsp3) is 0.267. The van der Waals surface area contributed by atoms with Crippen molar-refractivity contribution < 1.29 is 4.74 Å². The highest BCUT2D eigenvalue weighted by atomic mass is 32.1. The maximum atomic E-state index is 11.9. The Bertz CT molecular complexity index is 871. The molecular weight excluding hydrogens is 300 g/mol. The van der Waals surface area contributed by atoms with Crippen molar-refractivity contribution >= 4 is 21.4 Å². The van der Waals surface area contributed by atoms with Gasteiger partial charge in [-0.15, -0.1) is 5.10 Å². The van der Waals surface area contributed by atoms with Crippen LogP contribution in [0.2, 0.25) is 0 Å². The van der Waals surface area contributed by atoms with Crippen LogP contribution in [-0.2, 0) is 0 Å². The second kappa shape index (κ2) is 5.76. The van der Waals surface area contributed by atoms with E-state index in [9.17, 15) is 4.79 Å². The number of hydrogen-bond acceptors (Lipinski definition) is 6. The molecule has 0 saturated carbocycles. The predicted molar refractivity (Wildman–Crippen MR) is 86.9 cm³/mol. The van der Waals surface area contributed by atoms with Crippen molar-refractivity contribution in [3.8, 4) is 5.75 Å². The number of aromatic nitrogens is 3. The van der Waals surface area contributed by atoms with E-state index in [2.05, 4.69) is 15.4 Å². The summed E-state index contributed by atoms with van der Waals surface area (Å²) in [6.45, 7) is 3.82. The molecule has 0 amide bonds. The lowest BCUT2D eigenvalue weighted by Gasteiger charge is -2.16. The second-order valence-electron chi connectivity index (χ2n) is 4.95. The molecule has 7 heteroatoms. The van der Waals surface area contributed by atoms with Gasteiger partial charge in [0.25, 0.3) is 5.56 Å². The molecule has 0 unspecified atom stereocenters. The van der Waals surface area contributed by atoms with E-state index in [0.717, 1.165) is 11.3 Å². The van der Waals surface area contributed by atoms with Crippen molar-refractivity contribution in [3.05, 3.63) is 51.9 Å². The smallest absolute Gasteiger partial charge is 0.275 e. The van der Waals surface area contributed by atoms with Crippen molar-refractivity contribution in [2.45, 2.75) is 19.9 Å². The minimum atomic E-state index is -0.170. The van der Waals surface area contributed by atoms with Gasteiger partial charge in [0.1, 0.15) is 5.75 Å². The third-order valence-electron chi connectivity index (χ3n) is 3.32. The number of nitrogens with one attached hydrogen (secondary N) is 1. The highest BCUT2D eigenvalue weighted by molar-refractivity contribution is 7.20. The van der Waals surface area contributed by atoms with Crippen molar-refractivity contribution in [1.29, 1.82) is 0 Å².